The zero-order valence-electron chi connectivity index (χ0n) is 16.9. The lowest BCUT2D eigenvalue weighted by Crippen LogP contribution is -3.06. The summed E-state index contributed by atoms with van der Waals surface area (Å²) in [4.78, 5) is 28.3. The Labute approximate surface area is 188 Å². The van der Waals surface area contributed by atoms with Gasteiger partial charge in [-0.25, -0.2) is 0 Å². The van der Waals surface area contributed by atoms with Gasteiger partial charge in [0.1, 0.15) is 5.75 Å². The molecule has 1 N–H and O–H groups in total. The highest BCUT2D eigenvalue weighted by molar-refractivity contribution is 9.10. The number of quaternary nitrogens is 1. The van der Waals surface area contributed by atoms with Crippen molar-refractivity contribution in [3.63, 3.8) is 0 Å². The average Bonchev–Trinajstić information content (AvgIpc) is 2.96. The summed E-state index contributed by atoms with van der Waals surface area (Å²) in [5, 5.41) is 13.6. The Balaban J connectivity index is 2.14. The Hall–Kier alpha value is -2.35. The zero-order valence-corrected chi connectivity index (χ0v) is 19.2. The number of carbonyl (C=O) groups is 2. The molecule has 158 valence electrons. The molecular formula is C22H22BrClN2O4. The molecule has 1 aliphatic rings. The highest BCUT2D eigenvalue weighted by Crippen LogP contribution is 2.39. The van der Waals surface area contributed by atoms with E-state index in [1.54, 1.807) is 12.1 Å². The number of nitrogens with one attached hydrogen (secondary N) is 1. The van der Waals surface area contributed by atoms with Gasteiger partial charge in [-0.15, -0.1) is 0 Å². The van der Waals surface area contributed by atoms with Crippen LogP contribution in [-0.2, 0) is 9.59 Å². The number of amides is 1. The molecule has 0 spiro atoms. The third kappa shape index (κ3) is 4.38. The summed E-state index contributed by atoms with van der Waals surface area (Å²) in [6.45, 7) is 0.996. The lowest BCUT2D eigenvalue weighted by molar-refractivity contribution is -0.857. The molecule has 6 nitrogen and oxygen atoms in total. The van der Waals surface area contributed by atoms with Crippen LogP contribution < -0.4 is 14.7 Å². The monoisotopic (exact) mass is 492 g/mol. The number of halogens is 2. The highest BCUT2D eigenvalue weighted by Gasteiger charge is 2.44. The largest absolute Gasteiger partial charge is 0.872 e. The quantitative estimate of drug-likeness (QED) is 0.376. The normalized spacial score (nSPS) is 18.3. The summed E-state index contributed by atoms with van der Waals surface area (Å²) < 4.78 is 5.99. The van der Waals surface area contributed by atoms with E-state index in [4.69, 9.17) is 16.3 Å². The van der Waals surface area contributed by atoms with Crippen molar-refractivity contribution in [1.82, 2.24) is 4.90 Å². The van der Waals surface area contributed by atoms with Gasteiger partial charge in [0.2, 0.25) is 5.78 Å². The fourth-order valence-corrected chi connectivity index (χ4v) is 3.92. The molecule has 0 aliphatic carbocycles. The number of methoxy groups -OCH3 is 1. The summed E-state index contributed by atoms with van der Waals surface area (Å²) in [5.74, 6) is -1.52. The van der Waals surface area contributed by atoms with Gasteiger partial charge in [0, 0.05) is 10.0 Å². The Morgan fingerprint density at radius 1 is 1.20 bits per heavy atom. The first-order chi connectivity index (χ1) is 14.2. The molecule has 3 rings (SSSR count). The fourth-order valence-electron chi connectivity index (χ4n) is 3.40. The van der Waals surface area contributed by atoms with Gasteiger partial charge < -0.3 is 19.6 Å². The molecule has 0 bridgehead atoms. The maximum atomic E-state index is 13.3. The maximum absolute atomic E-state index is 13.3. The highest BCUT2D eigenvalue weighted by atomic mass is 79.9. The van der Waals surface area contributed by atoms with Crippen LogP contribution in [0.25, 0.3) is 5.76 Å². The predicted molar refractivity (Wildman–Crippen MR) is 116 cm³/mol. The molecule has 1 unspecified atom stereocenters. The second-order valence-corrected chi connectivity index (χ2v) is 8.65. The number of rotatable bonds is 6. The number of Topliss-reactive ketones (excluding diaryl/α,β-unsaturated/α-hetero) is 1. The van der Waals surface area contributed by atoms with E-state index < -0.39 is 23.5 Å². The van der Waals surface area contributed by atoms with E-state index in [0.717, 1.165) is 9.37 Å². The predicted octanol–water partition coefficient (Wildman–Crippen LogP) is 1.48. The van der Waals surface area contributed by atoms with Gasteiger partial charge in [0.05, 0.1) is 45.4 Å². The van der Waals surface area contributed by atoms with E-state index in [0.29, 0.717) is 24.4 Å². The summed E-state index contributed by atoms with van der Waals surface area (Å²) in [6.07, 6.45) is 0. The molecule has 1 aliphatic heterocycles. The molecule has 8 heteroatoms. The van der Waals surface area contributed by atoms with E-state index >= 15 is 0 Å². The molecule has 1 fully saturated rings. The van der Waals surface area contributed by atoms with Crippen LogP contribution in [0.4, 0.5) is 0 Å². The van der Waals surface area contributed by atoms with Gasteiger partial charge in [-0.05, 0) is 35.4 Å². The van der Waals surface area contributed by atoms with Crippen molar-refractivity contribution >= 4 is 45.0 Å². The molecule has 2 aromatic carbocycles. The first-order valence-corrected chi connectivity index (χ1v) is 10.6. The number of ketones is 1. The minimum atomic E-state index is -0.770. The van der Waals surface area contributed by atoms with Crippen LogP contribution in [0.3, 0.4) is 0 Å². The van der Waals surface area contributed by atoms with Crippen LogP contribution >= 0.6 is 27.5 Å². The second kappa shape index (κ2) is 9.20. The molecule has 0 saturated carbocycles. The lowest BCUT2D eigenvalue weighted by Gasteiger charge is -2.28. The van der Waals surface area contributed by atoms with Crippen molar-refractivity contribution in [3.05, 3.63) is 68.7 Å². The van der Waals surface area contributed by atoms with E-state index in [2.05, 4.69) is 15.9 Å². The van der Waals surface area contributed by atoms with Crippen molar-refractivity contribution in [2.75, 3.05) is 34.3 Å². The van der Waals surface area contributed by atoms with E-state index in [1.165, 1.54) is 18.1 Å². The Morgan fingerprint density at radius 3 is 2.43 bits per heavy atom. The van der Waals surface area contributed by atoms with Crippen LogP contribution in [-0.4, -0.2) is 50.9 Å². The molecular weight excluding hydrogens is 472 g/mol. The van der Waals surface area contributed by atoms with Gasteiger partial charge in [-0.3, -0.25) is 9.59 Å². The summed E-state index contributed by atoms with van der Waals surface area (Å²) in [6, 6.07) is 11.1. The Bertz CT molecular complexity index is 1000. The molecule has 1 atom stereocenters. The molecule has 1 saturated heterocycles. The van der Waals surface area contributed by atoms with Gasteiger partial charge in [0.25, 0.3) is 5.91 Å². The molecule has 0 aromatic heterocycles. The van der Waals surface area contributed by atoms with E-state index in [-0.39, 0.29) is 16.2 Å². The van der Waals surface area contributed by atoms with Crippen molar-refractivity contribution in [3.8, 4) is 5.75 Å². The van der Waals surface area contributed by atoms with Crippen LogP contribution in [0.2, 0.25) is 5.02 Å². The number of ether oxygens (including phenoxy) is 1. The topological polar surface area (TPSA) is 74.1 Å². The average molecular weight is 494 g/mol. The van der Waals surface area contributed by atoms with E-state index in [1.807, 2.05) is 38.4 Å². The van der Waals surface area contributed by atoms with Crippen LogP contribution in [0, 0.1) is 0 Å². The van der Waals surface area contributed by atoms with Crippen molar-refractivity contribution in [2.45, 2.75) is 6.04 Å². The first kappa shape index (κ1) is 22.3. The molecule has 1 amide bonds. The van der Waals surface area contributed by atoms with Crippen LogP contribution in [0.15, 0.2) is 52.5 Å². The Morgan fingerprint density at radius 2 is 1.87 bits per heavy atom. The number of carbonyl (C=O) groups excluding carboxylic acids is 2. The van der Waals surface area contributed by atoms with Crippen molar-refractivity contribution in [2.24, 2.45) is 0 Å². The molecule has 0 radical (unpaired) electrons. The fraction of sp³-hybridized carbons (Fsp3) is 0.273. The number of benzene rings is 2. The van der Waals surface area contributed by atoms with Gasteiger partial charge in [-0.1, -0.05) is 51.5 Å². The number of likely N-dealkylation sites (N-methyl/N-ethyl adjacent to an activating group) is 1. The smallest absolute Gasteiger partial charge is 0.295 e. The minimum Gasteiger partial charge on any atom is -0.872 e. The van der Waals surface area contributed by atoms with Crippen LogP contribution in [0.5, 0.6) is 5.75 Å². The third-order valence-corrected chi connectivity index (χ3v) is 5.81. The van der Waals surface area contributed by atoms with Gasteiger partial charge >= 0.3 is 0 Å². The number of hydrogen-bond acceptors (Lipinski definition) is 4. The summed E-state index contributed by atoms with van der Waals surface area (Å²) in [5.41, 5.74) is 0.880. The summed E-state index contributed by atoms with van der Waals surface area (Å²) >= 11 is 9.57. The molecule has 1 heterocycles. The van der Waals surface area contributed by atoms with E-state index in [9.17, 15) is 14.7 Å². The molecule has 2 aromatic rings. The zero-order chi connectivity index (χ0) is 22.0. The van der Waals surface area contributed by atoms with Crippen LogP contribution in [0.1, 0.15) is 17.2 Å². The minimum absolute atomic E-state index is 0.0580. The standard InChI is InChI=1S/C22H22BrClN2O4/c1-25(2)10-11-26-19(13-4-7-15(23)8-5-13)18(21(28)22(26)29)20(27)14-6-9-17(30-3)16(24)12-14/h4-9,12,19,27H,10-11H2,1-3H3/b20-18+. The number of nitrogens with zero attached hydrogens (tertiary/aromatic N) is 1. The van der Waals surface area contributed by atoms with Crippen molar-refractivity contribution in [1.29, 1.82) is 0 Å². The Kier molecular flexibility index (Phi) is 6.85. The lowest BCUT2D eigenvalue weighted by atomic mass is 9.95. The second-order valence-electron chi connectivity index (χ2n) is 7.33. The van der Waals surface area contributed by atoms with Gasteiger partial charge in [-0.2, -0.15) is 0 Å². The SMILES string of the molecule is COc1ccc(/C([O-])=C2\C(=O)C(=O)N(CC[NH+](C)C)C2c2ccc(Br)cc2)cc1Cl. The number of likely N-dealkylation sites (tertiary alicyclic amines) is 1. The number of hydrogen-bond donors (Lipinski definition) is 1. The van der Waals surface area contributed by atoms with Gasteiger partial charge in [0.15, 0.2) is 0 Å². The third-order valence-electron chi connectivity index (χ3n) is 4.98. The summed E-state index contributed by atoms with van der Waals surface area (Å²) in [7, 11) is 5.41. The maximum Gasteiger partial charge on any atom is 0.295 e. The molecule has 30 heavy (non-hydrogen) atoms. The first-order valence-electron chi connectivity index (χ1n) is 9.39. The van der Waals surface area contributed by atoms with Crippen molar-refractivity contribution < 1.29 is 24.3 Å².